The van der Waals surface area contributed by atoms with Crippen LogP contribution in [0.5, 0.6) is 0 Å². The average Bonchev–Trinajstić information content (AvgIpc) is 2.82. The molecule has 1 aliphatic rings. The number of hydroxylamine groups is 2. The number of fused-ring (bicyclic) bond motifs is 1. The van der Waals surface area contributed by atoms with E-state index in [1.807, 2.05) is 0 Å². The summed E-state index contributed by atoms with van der Waals surface area (Å²) in [4.78, 5) is 41.5. The van der Waals surface area contributed by atoms with Gasteiger partial charge in [-0.25, -0.2) is 9.18 Å². The van der Waals surface area contributed by atoms with Gasteiger partial charge in [-0.2, -0.15) is 0 Å². The zero-order valence-electron chi connectivity index (χ0n) is 12.9. The van der Waals surface area contributed by atoms with Crippen LogP contribution in [0.25, 0.3) is 0 Å². The Morgan fingerprint density at radius 2 is 1.58 bits per heavy atom. The molecule has 0 radical (unpaired) electrons. The Morgan fingerprint density at radius 3 is 2.12 bits per heavy atom. The topological polar surface area (TPSA) is 63.7 Å². The third-order valence-corrected chi connectivity index (χ3v) is 3.80. The van der Waals surface area contributed by atoms with Gasteiger partial charge in [0, 0.05) is 0 Å². The van der Waals surface area contributed by atoms with Crippen LogP contribution >= 0.6 is 0 Å². The van der Waals surface area contributed by atoms with Gasteiger partial charge in [-0.1, -0.05) is 36.3 Å². The lowest BCUT2D eigenvalue weighted by Gasteiger charge is -2.16. The predicted molar refractivity (Wildman–Crippen MR) is 82.3 cm³/mol. The Bertz CT molecular complexity index is 781. The molecule has 0 spiro atoms. The molecule has 6 heteroatoms. The van der Waals surface area contributed by atoms with Crippen molar-refractivity contribution in [3.63, 3.8) is 0 Å². The first kappa shape index (κ1) is 15.9. The summed E-state index contributed by atoms with van der Waals surface area (Å²) in [7, 11) is 0. The number of halogens is 1. The van der Waals surface area contributed by atoms with E-state index in [0.717, 1.165) is 5.56 Å². The lowest BCUT2D eigenvalue weighted by Crippen LogP contribution is -2.35. The highest BCUT2D eigenvalue weighted by Crippen LogP contribution is 2.23. The number of carbonyl (C=O) groups is 3. The average molecular weight is 327 g/mol. The molecule has 0 bridgehead atoms. The molecule has 3 rings (SSSR count). The molecule has 1 unspecified atom stereocenters. The highest BCUT2D eigenvalue weighted by atomic mass is 19.1. The summed E-state index contributed by atoms with van der Waals surface area (Å²) < 4.78 is 12.9. The van der Waals surface area contributed by atoms with Crippen molar-refractivity contribution in [3.8, 4) is 0 Å². The Kier molecular flexibility index (Phi) is 4.12. The van der Waals surface area contributed by atoms with Crippen LogP contribution in [0.3, 0.4) is 0 Å². The minimum atomic E-state index is -0.700. The number of rotatable bonds is 4. The fraction of sp³-hybridized carbons (Fsp3) is 0.167. The molecule has 0 fully saturated rings. The first-order valence-corrected chi connectivity index (χ1v) is 7.41. The van der Waals surface area contributed by atoms with Gasteiger partial charge >= 0.3 is 5.97 Å². The number of nitrogens with zero attached hydrogens (tertiary/aromatic N) is 1. The smallest absolute Gasteiger partial charge is 0.329 e. The van der Waals surface area contributed by atoms with Gasteiger partial charge in [0.15, 0.2) is 0 Å². The number of imide groups is 1. The van der Waals surface area contributed by atoms with Crippen molar-refractivity contribution in [1.82, 2.24) is 5.06 Å². The maximum Gasteiger partial charge on any atom is 0.336 e. The van der Waals surface area contributed by atoms with E-state index in [9.17, 15) is 18.8 Å². The molecule has 0 N–H and O–H groups in total. The second kappa shape index (κ2) is 6.23. The van der Waals surface area contributed by atoms with E-state index < -0.39 is 23.7 Å². The highest BCUT2D eigenvalue weighted by Gasteiger charge is 2.39. The van der Waals surface area contributed by atoms with E-state index in [0.29, 0.717) is 11.5 Å². The fourth-order valence-corrected chi connectivity index (χ4v) is 2.49. The second-order valence-electron chi connectivity index (χ2n) is 5.59. The molecule has 1 aliphatic heterocycles. The maximum atomic E-state index is 12.9. The third-order valence-electron chi connectivity index (χ3n) is 3.80. The van der Waals surface area contributed by atoms with Gasteiger partial charge in [0.1, 0.15) is 5.82 Å². The zero-order valence-corrected chi connectivity index (χ0v) is 12.9. The summed E-state index contributed by atoms with van der Waals surface area (Å²) in [6.45, 7) is 1.61. The first-order chi connectivity index (χ1) is 11.5. The minimum absolute atomic E-state index is 0.210. The number of hydrogen-bond donors (Lipinski definition) is 0. The molecule has 0 aliphatic carbocycles. The molecule has 0 saturated carbocycles. The van der Waals surface area contributed by atoms with Gasteiger partial charge in [0.2, 0.25) is 0 Å². The van der Waals surface area contributed by atoms with Crippen LogP contribution in [0.15, 0.2) is 48.5 Å². The molecule has 5 nitrogen and oxygen atoms in total. The van der Waals surface area contributed by atoms with Crippen LogP contribution < -0.4 is 0 Å². The molecule has 0 saturated heterocycles. The van der Waals surface area contributed by atoms with Crippen molar-refractivity contribution in [1.29, 1.82) is 0 Å². The van der Waals surface area contributed by atoms with Gasteiger partial charge in [0.05, 0.1) is 17.0 Å². The van der Waals surface area contributed by atoms with Crippen molar-refractivity contribution >= 4 is 17.8 Å². The number of hydrogen-bond acceptors (Lipinski definition) is 4. The highest BCUT2D eigenvalue weighted by molar-refractivity contribution is 6.20. The number of amides is 2. The largest absolute Gasteiger partial charge is 0.336 e. The van der Waals surface area contributed by atoms with Crippen molar-refractivity contribution in [2.24, 2.45) is 5.92 Å². The van der Waals surface area contributed by atoms with E-state index in [-0.39, 0.29) is 16.9 Å². The first-order valence-electron chi connectivity index (χ1n) is 7.41. The lowest BCUT2D eigenvalue weighted by atomic mass is 10.0. The van der Waals surface area contributed by atoms with E-state index >= 15 is 0 Å². The van der Waals surface area contributed by atoms with Crippen LogP contribution in [0.1, 0.15) is 33.2 Å². The molecule has 2 aromatic rings. The van der Waals surface area contributed by atoms with Crippen molar-refractivity contribution in [3.05, 3.63) is 71.0 Å². The summed E-state index contributed by atoms with van der Waals surface area (Å²) in [6.07, 6.45) is 0.308. The van der Waals surface area contributed by atoms with Gasteiger partial charge in [0.25, 0.3) is 11.8 Å². The maximum absolute atomic E-state index is 12.9. The van der Waals surface area contributed by atoms with Crippen LogP contribution in [-0.4, -0.2) is 22.8 Å². The van der Waals surface area contributed by atoms with Crippen LogP contribution in [-0.2, 0) is 16.1 Å². The van der Waals surface area contributed by atoms with E-state index in [2.05, 4.69) is 0 Å². The molecule has 2 aromatic carbocycles. The lowest BCUT2D eigenvalue weighted by molar-refractivity contribution is -0.173. The normalized spacial score (nSPS) is 14.5. The fourth-order valence-electron chi connectivity index (χ4n) is 2.49. The van der Waals surface area contributed by atoms with Crippen LogP contribution in [0.4, 0.5) is 4.39 Å². The van der Waals surface area contributed by atoms with Crippen LogP contribution in [0.2, 0.25) is 0 Å². The van der Waals surface area contributed by atoms with Gasteiger partial charge < -0.3 is 4.84 Å². The predicted octanol–water partition coefficient (Wildman–Crippen LogP) is 2.76. The minimum Gasteiger partial charge on any atom is -0.329 e. The Morgan fingerprint density at radius 1 is 1.04 bits per heavy atom. The Hall–Kier alpha value is -3.02. The molecule has 0 aromatic heterocycles. The summed E-state index contributed by atoms with van der Waals surface area (Å²) in [5.41, 5.74) is 1.17. The van der Waals surface area contributed by atoms with Gasteiger partial charge in [-0.15, -0.1) is 0 Å². The molecular weight excluding hydrogens is 313 g/mol. The van der Waals surface area contributed by atoms with Crippen molar-refractivity contribution < 1.29 is 23.6 Å². The summed E-state index contributed by atoms with van der Waals surface area (Å²) in [6, 6.07) is 12.0. The monoisotopic (exact) mass is 327 g/mol. The number of benzene rings is 2. The quantitative estimate of drug-likeness (QED) is 0.810. The second-order valence-corrected chi connectivity index (χ2v) is 5.59. The zero-order chi connectivity index (χ0) is 17.3. The van der Waals surface area contributed by atoms with Gasteiger partial charge in [-0.05, 0) is 36.2 Å². The summed E-state index contributed by atoms with van der Waals surface area (Å²) in [5, 5.41) is 0.494. The summed E-state index contributed by atoms with van der Waals surface area (Å²) >= 11 is 0. The third kappa shape index (κ3) is 2.90. The van der Waals surface area contributed by atoms with Crippen molar-refractivity contribution in [2.75, 3.05) is 0 Å². The standard InChI is InChI=1S/C18H14FNO4/c1-11(10-12-6-8-13(19)9-7-12)18(23)24-20-16(21)14-4-2-3-5-15(14)17(20)22/h2-9,11H,10H2,1H3. The van der Waals surface area contributed by atoms with Crippen molar-refractivity contribution in [2.45, 2.75) is 13.3 Å². The van der Waals surface area contributed by atoms with E-state index in [4.69, 9.17) is 4.84 Å². The Labute approximate surface area is 137 Å². The van der Waals surface area contributed by atoms with E-state index in [1.54, 1.807) is 31.2 Å². The van der Waals surface area contributed by atoms with Gasteiger partial charge in [-0.3, -0.25) is 9.59 Å². The van der Waals surface area contributed by atoms with Crippen LogP contribution in [0, 0.1) is 11.7 Å². The SMILES string of the molecule is CC(Cc1ccc(F)cc1)C(=O)ON1C(=O)c2ccccc2C1=O. The molecule has 1 heterocycles. The summed E-state index contributed by atoms with van der Waals surface area (Å²) in [5.74, 6) is -2.97. The molecule has 24 heavy (non-hydrogen) atoms. The van der Waals surface area contributed by atoms with E-state index in [1.165, 1.54) is 24.3 Å². The Balaban J connectivity index is 1.68. The molecule has 2 amide bonds. The molecular formula is C18H14FNO4. The number of carbonyl (C=O) groups excluding carboxylic acids is 3. The molecule has 1 atom stereocenters. The molecule has 122 valence electrons.